The molecule has 0 rings (SSSR count). The third kappa shape index (κ3) is 7.31. The van der Waals surface area contributed by atoms with Gasteiger partial charge in [-0.2, -0.15) is 0 Å². The van der Waals surface area contributed by atoms with Crippen LogP contribution in [0.5, 0.6) is 0 Å². The van der Waals surface area contributed by atoms with Crippen molar-refractivity contribution in [1.29, 1.82) is 0 Å². The largest absolute Gasteiger partial charge is 0.444 e. The zero-order chi connectivity index (χ0) is 11.2. The molecule has 0 heterocycles. The van der Waals surface area contributed by atoms with Gasteiger partial charge >= 0.3 is 6.09 Å². The lowest BCUT2D eigenvalue weighted by atomic mass is 10.2. The number of isocyanates is 1. The number of carbonyl (C=O) groups excluding carboxylic acids is 2. The van der Waals surface area contributed by atoms with Gasteiger partial charge in [-0.25, -0.2) is 14.6 Å². The summed E-state index contributed by atoms with van der Waals surface area (Å²) >= 11 is 0. The van der Waals surface area contributed by atoms with Crippen LogP contribution in [0.25, 0.3) is 0 Å². The average Bonchev–Trinajstić information content (AvgIpc) is 1.96. The molecule has 80 valence electrons. The molecule has 0 aromatic heterocycles. The standard InChI is InChI=1S/C9H16N2O3/c1-7(5-10-6-12)11-8(13)14-9(2,3)4/h7H,5H2,1-4H3,(H,11,13)/t7-/m0/s1. The van der Waals surface area contributed by atoms with Gasteiger partial charge < -0.3 is 10.1 Å². The van der Waals surface area contributed by atoms with Gasteiger partial charge in [0, 0.05) is 6.04 Å². The Morgan fingerprint density at radius 1 is 1.57 bits per heavy atom. The molecule has 5 nitrogen and oxygen atoms in total. The summed E-state index contributed by atoms with van der Waals surface area (Å²) in [5.74, 6) is 0. The van der Waals surface area contributed by atoms with Gasteiger partial charge in [-0.1, -0.05) is 0 Å². The Bertz CT molecular complexity index is 239. The molecule has 0 aliphatic heterocycles. The van der Waals surface area contributed by atoms with Crippen molar-refractivity contribution in [3.63, 3.8) is 0 Å². The molecule has 0 unspecified atom stereocenters. The first kappa shape index (κ1) is 12.7. The molecular formula is C9H16N2O3. The molecule has 0 aliphatic rings. The molecule has 0 bridgehead atoms. The van der Waals surface area contributed by atoms with Crippen molar-refractivity contribution in [2.75, 3.05) is 6.54 Å². The quantitative estimate of drug-likeness (QED) is 0.550. The highest BCUT2D eigenvalue weighted by Gasteiger charge is 2.17. The number of carbonyl (C=O) groups is 1. The van der Waals surface area contributed by atoms with Crippen LogP contribution in [-0.4, -0.2) is 30.4 Å². The van der Waals surface area contributed by atoms with Crippen LogP contribution < -0.4 is 5.32 Å². The van der Waals surface area contributed by atoms with Crippen LogP contribution in [0.4, 0.5) is 4.79 Å². The van der Waals surface area contributed by atoms with Crippen molar-refractivity contribution in [3.8, 4) is 0 Å². The summed E-state index contributed by atoms with van der Waals surface area (Å²) in [6, 6.07) is -0.230. The van der Waals surface area contributed by atoms with E-state index in [2.05, 4.69) is 10.3 Å². The zero-order valence-corrected chi connectivity index (χ0v) is 8.96. The highest BCUT2D eigenvalue weighted by Crippen LogP contribution is 2.06. The minimum Gasteiger partial charge on any atom is -0.444 e. The van der Waals surface area contributed by atoms with E-state index in [4.69, 9.17) is 4.74 Å². The summed E-state index contributed by atoms with van der Waals surface area (Å²) in [4.78, 5) is 24.3. The number of aliphatic imine (C=N–C) groups is 1. The minimum atomic E-state index is -0.516. The fourth-order valence-electron chi connectivity index (χ4n) is 0.729. The van der Waals surface area contributed by atoms with Gasteiger partial charge in [0.15, 0.2) is 0 Å². The first-order chi connectivity index (χ1) is 6.35. The van der Waals surface area contributed by atoms with Crippen molar-refractivity contribution in [3.05, 3.63) is 0 Å². The first-order valence-corrected chi connectivity index (χ1v) is 4.38. The zero-order valence-electron chi connectivity index (χ0n) is 8.96. The molecule has 1 amide bonds. The summed E-state index contributed by atoms with van der Waals surface area (Å²) in [5.41, 5.74) is -0.516. The van der Waals surface area contributed by atoms with Gasteiger partial charge in [0.05, 0.1) is 6.54 Å². The van der Waals surface area contributed by atoms with E-state index in [1.54, 1.807) is 27.7 Å². The second-order valence-electron chi connectivity index (χ2n) is 3.98. The molecule has 0 aromatic rings. The highest BCUT2D eigenvalue weighted by atomic mass is 16.6. The molecular weight excluding hydrogens is 184 g/mol. The number of hydrogen-bond acceptors (Lipinski definition) is 4. The number of hydrogen-bond donors (Lipinski definition) is 1. The normalized spacial score (nSPS) is 12.6. The van der Waals surface area contributed by atoms with Crippen LogP contribution >= 0.6 is 0 Å². The Morgan fingerprint density at radius 2 is 2.14 bits per heavy atom. The van der Waals surface area contributed by atoms with E-state index in [0.29, 0.717) is 0 Å². The number of ether oxygens (including phenoxy) is 1. The van der Waals surface area contributed by atoms with Crippen LogP contribution in [0.15, 0.2) is 4.99 Å². The van der Waals surface area contributed by atoms with Crippen LogP contribution in [0.3, 0.4) is 0 Å². The van der Waals surface area contributed by atoms with E-state index >= 15 is 0 Å². The maximum absolute atomic E-state index is 11.2. The Kier molecular flexibility index (Phi) is 4.87. The lowest BCUT2D eigenvalue weighted by molar-refractivity contribution is 0.0510. The molecule has 5 heteroatoms. The topological polar surface area (TPSA) is 67.8 Å². The number of rotatable bonds is 3. The Morgan fingerprint density at radius 3 is 2.57 bits per heavy atom. The summed E-state index contributed by atoms with van der Waals surface area (Å²) in [7, 11) is 0. The van der Waals surface area contributed by atoms with E-state index in [9.17, 15) is 9.59 Å². The number of amides is 1. The van der Waals surface area contributed by atoms with Crippen molar-refractivity contribution >= 4 is 12.2 Å². The minimum absolute atomic E-state index is 0.211. The van der Waals surface area contributed by atoms with E-state index in [1.807, 2.05) is 0 Å². The van der Waals surface area contributed by atoms with E-state index in [-0.39, 0.29) is 12.6 Å². The van der Waals surface area contributed by atoms with Crippen LogP contribution in [-0.2, 0) is 9.53 Å². The Balaban J connectivity index is 3.88. The SMILES string of the molecule is C[C@@H](CN=C=O)NC(=O)OC(C)(C)C. The predicted octanol–water partition coefficient (Wildman–Crippen LogP) is 1.24. The molecule has 1 atom stereocenters. The van der Waals surface area contributed by atoms with Crippen molar-refractivity contribution in [1.82, 2.24) is 5.32 Å². The molecule has 0 fully saturated rings. The fraction of sp³-hybridized carbons (Fsp3) is 0.778. The molecule has 0 radical (unpaired) electrons. The molecule has 0 spiro atoms. The summed E-state index contributed by atoms with van der Waals surface area (Å²) in [5, 5.41) is 2.54. The maximum Gasteiger partial charge on any atom is 0.407 e. The van der Waals surface area contributed by atoms with Crippen molar-refractivity contribution in [2.45, 2.75) is 39.3 Å². The van der Waals surface area contributed by atoms with Gasteiger partial charge in [0.1, 0.15) is 5.60 Å². The monoisotopic (exact) mass is 200 g/mol. The predicted molar refractivity (Wildman–Crippen MR) is 51.8 cm³/mol. The lowest BCUT2D eigenvalue weighted by Gasteiger charge is -2.21. The third-order valence-electron chi connectivity index (χ3n) is 1.19. The van der Waals surface area contributed by atoms with Crippen LogP contribution in [0.1, 0.15) is 27.7 Å². The summed E-state index contributed by atoms with van der Waals surface area (Å²) < 4.78 is 5.00. The Labute approximate surface area is 83.5 Å². The van der Waals surface area contributed by atoms with Gasteiger partial charge in [-0.05, 0) is 27.7 Å². The maximum atomic E-state index is 11.2. The van der Waals surface area contributed by atoms with Gasteiger partial charge in [-0.3, -0.25) is 0 Å². The molecule has 14 heavy (non-hydrogen) atoms. The third-order valence-corrected chi connectivity index (χ3v) is 1.19. The first-order valence-electron chi connectivity index (χ1n) is 4.38. The lowest BCUT2D eigenvalue weighted by Crippen LogP contribution is -2.38. The smallest absolute Gasteiger partial charge is 0.407 e. The second kappa shape index (κ2) is 5.40. The van der Waals surface area contributed by atoms with E-state index < -0.39 is 11.7 Å². The van der Waals surface area contributed by atoms with Gasteiger partial charge in [-0.15, -0.1) is 0 Å². The highest BCUT2D eigenvalue weighted by molar-refractivity contribution is 5.68. The average molecular weight is 200 g/mol. The number of nitrogens with one attached hydrogen (secondary N) is 1. The van der Waals surface area contributed by atoms with Gasteiger partial charge in [0.2, 0.25) is 6.08 Å². The summed E-state index contributed by atoms with van der Waals surface area (Å²) in [6.45, 7) is 7.27. The number of nitrogens with zero attached hydrogens (tertiary/aromatic N) is 1. The number of alkyl carbamates (subject to hydrolysis) is 1. The van der Waals surface area contributed by atoms with Crippen molar-refractivity contribution < 1.29 is 14.3 Å². The van der Waals surface area contributed by atoms with E-state index in [0.717, 1.165) is 0 Å². The molecule has 1 N–H and O–H groups in total. The van der Waals surface area contributed by atoms with E-state index in [1.165, 1.54) is 6.08 Å². The molecule has 0 saturated carbocycles. The Hall–Kier alpha value is -1.35. The molecule has 0 aliphatic carbocycles. The van der Waals surface area contributed by atoms with Crippen LogP contribution in [0, 0.1) is 0 Å². The molecule has 0 aromatic carbocycles. The van der Waals surface area contributed by atoms with Crippen LogP contribution in [0.2, 0.25) is 0 Å². The summed E-state index contributed by atoms with van der Waals surface area (Å²) in [6.07, 6.45) is 0.895. The second-order valence-corrected chi connectivity index (χ2v) is 3.98. The van der Waals surface area contributed by atoms with Crippen molar-refractivity contribution in [2.24, 2.45) is 4.99 Å². The van der Waals surface area contributed by atoms with Gasteiger partial charge in [0.25, 0.3) is 0 Å². The molecule has 0 saturated heterocycles. The fourth-order valence-corrected chi connectivity index (χ4v) is 0.729.